The quantitative estimate of drug-likeness (QED) is 0.834. The Morgan fingerprint density at radius 3 is 2.65 bits per heavy atom. The van der Waals surface area contributed by atoms with E-state index in [1.54, 1.807) is 0 Å². The van der Waals surface area contributed by atoms with E-state index in [4.69, 9.17) is 5.73 Å². The summed E-state index contributed by atoms with van der Waals surface area (Å²) in [6.45, 7) is 6.74. The van der Waals surface area contributed by atoms with E-state index >= 15 is 0 Å². The molecule has 114 valence electrons. The molecular weight excluding hydrogens is 248 g/mol. The van der Waals surface area contributed by atoms with Crippen LogP contribution in [0, 0.1) is 5.92 Å². The fourth-order valence-electron chi connectivity index (χ4n) is 3.11. The molecule has 4 nitrogen and oxygen atoms in total. The van der Waals surface area contributed by atoms with Crippen molar-refractivity contribution in [3.05, 3.63) is 18.0 Å². The predicted octanol–water partition coefficient (Wildman–Crippen LogP) is 2.71. The number of nitrogens with zero attached hydrogens (tertiary/aromatic N) is 3. The molecule has 1 aliphatic rings. The molecule has 1 saturated carbocycles. The Labute approximate surface area is 123 Å². The van der Waals surface area contributed by atoms with E-state index in [9.17, 15) is 0 Å². The zero-order valence-corrected chi connectivity index (χ0v) is 13.3. The molecular formula is C16H30N4. The van der Waals surface area contributed by atoms with E-state index in [-0.39, 0.29) is 6.04 Å². The molecule has 0 bridgehead atoms. The predicted molar refractivity (Wildman–Crippen MR) is 83.4 cm³/mol. The molecule has 1 aromatic heterocycles. The molecule has 0 radical (unpaired) electrons. The average molecular weight is 278 g/mol. The van der Waals surface area contributed by atoms with Gasteiger partial charge in [-0.1, -0.05) is 26.7 Å². The van der Waals surface area contributed by atoms with Crippen molar-refractivity contribution in [1.29, 1.82) is 0 Å². The van der Waals surface area contributed by atoms with Crippen molar-refractivity contribution < 1.29 is 0 Å². The zero-order chi connectivity index (χ0) is 14.5. The van der Waals surface area contributed by atoms with Crippen LogP contribution in [0.15, 0.2) is 12.4 Å². The van der Waals surface area contributed by atoms with Crippen LogP contribution in [-0.2, 0) is 7.05 Å². The number of hydrogen-bond acceptors (Lipinski definition) is 3. The summed E-state index contributed by atoms with van der Waals surface area (Å²) in [6.07, 6.45) is 10.7. The van der Waals surface area contributed by atoms with Crippen LogP contribution in [0.3, 0.4) is 0 Å². The highest BCUT2D eigenvalue weighted by Crippen LogP contribution is 2.25. The largest absolute Gasteiger partial charge is 0.323 e. The topological polar surface area (TPSA) is 47.1 Å². The Kier molecular flexibility index (Phi) is 5.61. The van der Waals surface area contributed by atoms with E-state index < -0.39 is 0 Å². The summed E-state index contributed by atoms with van der Waals surface area (Å²) in [5, 5.41) is 4.23. The van der Waals surface area contributed by atoms with Gasteiger partial charge in [0.15, 0.2) is 0 Å². The van der Waals surface area contributed by atoms with E-state index in [2.05, 4.69) is 23.8 Å². The van der Waals surface area contributed by atoms with E-state index in [1.165, 1.54) is 38.6 Å². The van der Waals surface area contributed by atoms with Crippen LogP contribution in [0.25, 0.3) is 0 Å². The van der Waals surface area contributed by atoms with Gasteiger partial charge in [-0.2, -0.15) is 5.10 Å². The molecule has 1 aromatic rings. The second-order valence-corrected chi connectivity index (χ2v) is 6.67. The van der Waals surface area contributed by atoms with Gasteiger partial charge in [0, 0.05) is 37.4 Å². The highest BCUT2D eigenvalue weighted by atomic mass is 15.2. The molecule has 0 spiro atoms. The molecule has 2 N–H and O–H groups in total. The molecule has 1 atom stereocenters. The number of aryl methyl sites for hydroxylation is 1. The van der Waals surface area contributed by atoms with Crippen molar-refractivity contribution in [1.82, 2.24) is 14.7 Å². The van der Waals surface area contributed by atoms with Gasteiger partial charge in [-0.05, 0) is 31.7 Å². The van der Waals surface area contributed by atoms with Gasteiger partial charge in [0.25, 0.3) is 0 Å². The zero-order valence-electron chi connectivity index (χ0n) is 13.3. The van der Waals surface area contributed by atoms with Crippen molar-refractivity contribution in [3.63, 3.8) is 0 Å². The maximum atomic E-state index is 6.39. The van der Waals surface area contributed by atoms with Crippen LogP contribution in [0.2, 0.25) is 0 Å². The van der Waals surface area contributed by atoms with E-state index in [1.807, 2.05) is 24.1 Å². The lowest BCUT2D eigenvalue weighted by atomic mass is 10.1. The van der Waals surface area contributed by atoms with E-state index in [0.29, 0.717) is 0 Å². The first-order valence-electron chi connectivity index (χ1n) is 8.04. The lowest BCUT2D eigenvalue weighted by Crippen LogP contribution is -2.39. The first-order chi connectivity index (χ1) is 9.56. The molecule has 0 aromatic carbocycles. The molecule has 2 rings (SSSR count). The number of nitrogens with two attached hydrogens (primary N) is 1. The number of hydrogen-bond donors (Lipinski definition) is 1. The smallest absolute Gasteiger partial charge is 0.0537 e. The summed E-state index contributed by atoms with van der Waals surface area (Å²) >= 11 is 0. The van der Waals surface area contributed by atoms with Gasteiger partial charge in [-0.3, -0.25) is 9.58 Å². The Balaban J connectivity index is 1.94. The summed E-state index contributed by atoms with van der Waals surface area (Å²) < 4.78 is 1.84. The Morgan fingerprint density at radius 1 is 1.40 bits per heavy atom. The highest BCUT2D eigenvalue weighted by molar-refractivity contribution is 5.10. The lowest BCUT2D eigenvalue weighted by molar-refractivity contribution is 0.177. The lowest BCUT2D eigenvalue weighted by Gasteiger charge is -2.31. The molecule has 1 heterocycles. The van der Waals surface area contributed by atoms with Crippen LogP contribution in [0.1, 0.15) is 57.6 Å². The molecule has 0 aliphatic heterocycles. The van der Waals surface area contributed by atoms with Crippen molar-refractivity contribution >= 4 is 0 Å². The summed E-state index contributed by atoms with van der Waals surface area (Å²) in [4.78, 5) is 2.63. The third-order valence-corrected chi connectivity index (χ3v) is 4.42. The van der Waals surface area contributed by atoms with Crippen molar-refractivity contribution in [2.75, 3.05) is 13.1 Å². The third-order valence-electron chi connectivity index (χ3n) is 4.42. The minimum atomic E-state index is 0.0801. The van der Waals surface area contributed by atoms with E-state index in [0.717, 1.165) is 24.1 Å². The molecule has 1 fully saturated rings. The maximum absolute atomic E-state index is 6.39. The summed E-state index contributed by atoms with van der Waals surface area (Å²) in [7, 11) is 1.95. The van der Waals surface area contributed by atoms with Crippen LogP contribution in [0.4, 0.5) is 0 Å². The fourth-order valence-corrected chi connectivity index (χ4v) is 3.11. The molecule has 4 heteroatoms. The first-order valence-corrected chi connectivity index (χ1v) is 8.04. The number of aromatic nitrogens is 2. The monoisotopic (exact) mass is 278 g/mol. The van der Waals surface area contributed by atoms with Crippen molar-refractivity contribution in [2.24, 2.45) is 18.7 Å². The SMILES string of the molecule is CC(C)CCN(CC(N)c1cnn(C)c1)C1CCCC1. The van der Waals surface area contributed by atoms with Gasteiger partial charge in [0.2, 0.25) is 0 Å². The van der Waals surface area contributed by atoms with Crippen LogP contribution in [-0.4, -0.2) is 33.8 Å². The van der Waals surface area contributed by atoms with Gasteiger partial charge in [0.1, 0.15) is 0 Å². The summed E-state index contributed by atoms with van der Waals surface area (Å²) in [6, 6.07) is 0.827. The Bertz CT molecular complexity index is 393. The minimum Gasteiger partial charge on any atom is -0.323 e. The van der Waals surface area contributed by atoms with Crippen LogP contribution in [0.5, 0.6) is 0 Å². The molecule has 1 aliphatic carbocycles. The normalized spacial score (nSPS) is 18.3. The second kappa shape index (κ2) is 7.23. The first kappa shape index (κ1) is 15.5. The third kappa shape index (κ3) is 4.32. The van der Waals surface area contributed by atoms with Gasteiger partial charge in [-0.25, -0.2) is 0 Å². The standard InChI is InChI=1S/C16H30N4/c1-13(2)8-9-20(15-6-4-5-7-15)12-16(17)14-10-18-19(3)11-14/h10-11,13,15-16H,4-9,12,17H2,1-3H3. The maximum Gasteiger partial charge on any atom is 0.0537 e. The summed E-state index contributed by atoms with van der Waals surface area (Å²) in [5.41, 5.74) is 7.54. The molecule has 0 amide bonds. The fraction of sp³-hybridized carbons (Fsp3) is 0.812. The van der Waals surface area contributed by atoms with Gasteiger partial charge < -0.3 is 5.73 Å². The average Bonchev–Trinajstić information content (AvgIpc) is 3.04. The van der Waals surface area contributed by atoms with Gasteiger partial charge >= 0.3 is 0 Å². The minimum absolute atomic E-state index is 0.0801. The Morgan fingerprint density at radius 2 is 2.10 bits per heavy atom. The second-order valence-electron chi connectivity index (χ2n) is 6.67. The van der Waals surface area contributed by atoms with Crippen molar-refractivity contribution in [2.45, 2.75) is 58.0 Å². The molecule has 1 unspecified atom stereocenters. The van der Waals surface area contributed by atoms with Gasteiger partial charge in [0.05, 0.1) is 6.20 Å². The van der Waals surface area contributed by atoms with Crippen LogP contribution >= 0.6 is 0 Å². The van der Waals surface area contributed by atoms with Gasteiger partial charge in [-0.15, -0.1) is 0 Å². The molecule has 0 saturated heterocycles. The molecule has 20 heavy (non-hydrogen) atoms. The Hall–Kier alpha value is -0.870. The highest BCUT2D eigenvalue weighted by Gasteiger charge is 2.24. The van der Waals surface area contributed by atoms with Crippen molar-refractivity contribution in [3.8, 4) is 0 Å². The summed E-state index contributed by atoms with van der Waals surface area (Å²) in [5.74, 6) is 0.758. The van der Waals surface area contributed by atoms with Crippen LogP contribution < -0.4 is 5.73 Å². The number of rotatable bonds is 7.